The van der Waals surface area contributed by atoms with Gasteiger partial charge in [0.05, 0.1) is 6.61 Å². The number of benzene rings is 1. The van der Waals surface area contributed by atoms with Crippen molar-refractivity contribution in [2.75, 3.05) is 6.61 Å². The average molecular weight is 453 g/mol. The Morgan fingerprint density at radius 3 is 1.73 bits per heavy atom. The number of hydrogen-bond donors (Lipinski definition) is 0. The van der Waals surface area contributed by atoms with Crippen molar-refractivity contribution >= 4 is 5.91 Å². The molecule has 0 N–H and O–H groups in total. The molecule has 0 bridgehead atoms. The Kier molecular flexibility index (Phi) is 14.0. The maximum absolute atomic E-state index is 12.1. The molecule has 0 saturated carbocycles. The highest BCUT2D eigenvalue weighted by Gasteiger charge is 2.10. The van der Waals surface area contributed by atoms with Gasteiger partial charge >= 0.3 is 0 Å². The molecular formula is C29H44N2O2. The zero-order valence-electron chi connectivity index (χ0n) is 20.9. The lowest BCUT2D eigenvalue weighted by molar-refractivity contribution is -0.130. The SMILES string of the molecule is CCCCCCCCCCCCCCOc1ccc(CN(Cc2ccncc2)C(C)=O)cc1. The molecule has 1 amide bonds. The molecule has 4 nitrogen and oxygen atoms in total. The molecule has 1 aromatic heterocycles. The number of ether oxygens (including phenoxy) is 1. The second-order valence-electron chi connectivity index (χ2n) is 9.11. The van der Waals surface area contributed by atoms with Gasteiger partial charge in [0.25, 0.3) is 0 Å². The lowest BCUT2D eigenvalue weighted by Crippen LogP contribution is -2.27. The molecular weight excluding hydrogens is 408 g/mol. The third-order valence-electron chi connectivity index (χ3n) is 6.13. The van der Waals surface area contributed by atoms with Crippen LogP contribution in [0.1, 0.15) is 102 Å². The molecule has 4 heteroatoms. The van der Waals surface area contributed by atoms with E-state index in [4.69, 9.17) is 4.74 Å². The van der Waals surface area contributed by atoms with E-state index >= 15 is 0 Å². The van der Waals surface area contributed by atoms with Crippen LogP contribution in [0, 0.1) is 0 Å². The molecule has 0 saturated heterocycles. The van der Waals surface area contributed by atoms with Crippen molar-refractivity contribution in [2.45, 2.75) is 104 Å². The second kappa shape index (κ2) is 17.2. The summed E-state index contributed by atoms with van der Waals surface area (Å²) in [5.74, 6) is 0.976. The summed E-state index contributed by atoms with van der Waals surface area (Å²) in [6, 6.07) is 12.0. The van der Waals surface area contributed by atoms with Crippen molar-refractivity contribution in [3.8, 4) is 5.75 Å². The molecule has 0 spiro atoms. The maximum Gasteiger partial charge on any atom is 0.220 e. The first kappa shape index (κ1) is 26.9. The van der Waals surface area contributed by atoms with Gasteiger partial charge in [-0.1, -0.05) is 89.7 Å². The minimum atomic E-state index is 0.0686. The normalized spacial score (nSPS) is 10.8. The van der Waals surface area contributed by atoms with E-state index in [1.165, 1.54) is 70.6 Å². The summed E-state index contributed by atoms with van der Waals surface area (Å²) >= 11 is 0. The minimum absolute atomic E-state index is 0.0686. The summed E-state index contributed by atoms with van der Waals surface area (Å²) in [6.45, 7) is 5.86. The van der Waals surface area contributed by atoms with E-state index in [0.29, 0.717) is 13.1 Å². The fourth-order valence-corrected chi connectivity index (χ4v) is 4.03. The van der Waals surface area contributed by atoms with Crippen LogP contribution < -0.4 is 4.74 Å². The van der Waals surface area contributed by atoms with Gasteiger partial charge in [0.1, 0.15) is 5.75 Å². The molecule has 0 radical (unpaired) electrons. The standard InChI is InChI=1S/C29H44N2O2/c1-3-4-5-6-7-8-9-10-11-12-13-14-23-33-29-17-15-27(16-18-29)24-31(26(2)32)25-28-19-21-30-22-20-28/h15-22H,3-14,23-25H2,1-2H3. The van der Waals surface area contributed by atoms with Crippen molar-refractivity contribution in [2.24, 2.45) is 0 Å². The Morgan fingerprint density at radius 2 is 1.21 bits per heavy atom. The van der Waals surface area contributed by atoms with E-state index in [9.17, 15) is 4.79 Å². The number of pyridine rings is 1. The Labute approximate surface area is 201 Å². The van der Waals surface area contributed by atoms with E-state index < -0.39 is 0 Å². The van der Waals surface area contributed by atoms with Crippen LogP contribution in [0.25, 0.3) is 0 Å². The predicted molar refractivity (Wildman–Crippen MR) is 137 cm³/mol. The van der Waals surface area contributed by atoms with Gasteiger partial charge in [-0.3, -0.25) is 9.78 Å². The quantitative estimate of drug-likeness (QED) is 0.217. The van der Waals surface area contributed by atoms with E-state index in [1.807, 2.05) is 29.2 Å². The van der Waals surface area contributed by atoms with Gasteiger partial charge in [-0.25, -0.2) is 0 Å². The van der Waals surface area contributed by atoms with Crippen LogP contribution in [0.4, 0.5) is 0 Å². The molecule has 0 aliphatic carbocycles. The number of carbonyl (C=O) groups is 1. The summed E-state index contributed by atoms with van der Waals surface area (Å²) in [4.78, 5) is 17.9. The Hall–Kier alpha value is -2.36. The van der Waals surface area contributed by atoms with E-state index in [2.05, 4.69) is 24.0 Å². The van der Waals surface area contributed by atoms with Crippen LogP contribution in [0.15, 0.2) is 48.8 Å². The topological polar surface area (TPSA) is 42.4 Å². The van der Waals surface area contributed by atoms with Crippen molar-refractivity contribution in [3.63, 3.8) is 0 Å². The van der Waals surface area contributed by atoms with E-state index in [0.717, 1.165) is 29.9 Å². The zero-order valence-corrected chi connectivity index (χ0v) is 20.9. The number of unbranched alkanes of at least 4 members (excludes halogenated alkanes) is 11. The maximum atomic E-state index is 12.1. The first-order valence-corrected chi connectivity index (χ1v) is 13.0. The molecule has 2 rings (SSSR count). The van der Waals surface area contributed by atoms with Gasteiger partial charge < -0.3 is 9.64 Å². The first-order chi connectivity index (χ1) is 16.2. The van der Waals surface area contributed by atoms with Crippen LogP contribution in [-0.2, 0) is 17.9 Å². The van der Waals surface area contributed by atoms with Gasteiger partial charge in [0, 0.05) is 32.4 Å². The summed E-state index contributed by atoms with van der Waals surface area (Å²) in [5.41, 5.74) is 2.19. The number of amides is 1. The molecule has 33 heavy (non-hydrogen) atoms. The van der Waals surface area contributed by atoms with Crippen LogP contribution in [0.5, 0.6) is 5.75 Å². The zero-order chi connectivity index (χ0) is 23.6. The van der Waals surface area contributed by atoms with Crippen molar-refractivity contribution < 1.29 is 9.53 Å². The summed E-state index contributed by atoms with van der Waals surface area (Å²) < 4.78 is 5.91. The van der Waals surface area contributed by atoms with Crippen LogP contribution in [0.3, 0.4) is 0 Å². The first-order valence-electron chi connectivity index (χ1n) is 13.0. The monoisotopic (exact) mass is 452 g/mol. The third-order valence-corrected chi connectivity index (χ3v) is 6.13. The van der Waals surface area contributed by atoms with E-state index in [1.54, 1.807) is 19.3 Å². The highest BCUT2D eigenvalue weighted by molar-refractivity contribution is 5.73. The molecule has 1 heterocycles. The van der Waals surface area contributed by atoms with Crippen molar-refractivity contribution in [1.29, 1.82) is 0 Å². The van der Waals surface area contributed by atoms with E-state index in [-0.39, 0.29) is 5.91 Å². The summed E-state index contributed by atoms with van der Waals surface area (Å²) in [6.07, 6.45) is 19.8. The number of hydrogen-bond acceptors (Lipinski definition) is 3. The van der Waals surface area contributed by atoms with Gasteiger partial charge in [0.15, 0.2) is 0 Å². The largest absolute Gasteiger partial charge is 0.494 e. The molecule has 0 fully saturated rings. The highest BCUT2D eigenvalue weighted by atomic mass is 16.5. The Morgan fingerprint density at radius 1 is 0.727 bits per heavy atom. The summed E-state index contributed by atoms with van der Waals surface area (Å²) in [5, 5.41) is 0. The van der Waals surface area contributed by atoms with Crippen LogP contribution >= 0.6 is 0 Å². The predicted octanol–water partition coefficient (Wildman–Crippen LogP) is 7.71. The van der Waals surface area contributed by atoms with Crippen molar-refractivity contribution in [3.05, 3.63) is 59.9 Å². The number of aromatic nitrogens is 1. The fraction of sp³-hybridized carbons (Fsp3) is 0.586. The second-order valence-corrected chi connectivity index (χ2v) is 9.11. The molecule has 0 aliphatic rings. The highest BCUT2D eigenvalue weighted by Crippen LogP contribution is 2.16. The average Bonchev–Trinajstić information content (AvgIpc) is 2.83. The van der Waals surface area contributed by atoms with Gasteiger partial charge in [-0.05, 0) is 41.8 Å². The molecule has 0 aliphatic heterocycles. The smallest absolute Gasteiger partial charge is 0.220 e. The Balaban J connectivity index is 1.55. The third kappa shape index (κ3) is 12.5. The van der Waals surface area contributed by atoms with Crippen molar-refractivity contribution in [1.82, 2.24) is 9.88 Å². The Bertz CT molecular complexity index is 746. The van der Waals surface area contributed by atoms with Gasteiger partial charge in [0.2, 0.25) is 5.91 Å². The van der Waals surface area contributed by atoms with Gasteiger partial charge in [-0.2, -0.15) is 0 Å². The number of carbonyl (C=O) groups excluding carboxylic acids is 1. The minimum Gasteiger partial charge on any atom is -0.494 e. The lowest BCUT2D eigenvalue weighted by Gasteiger charge is -2.21. The molecule has 0 unspecified atom stereocenters. The summed E-state index contributed by atoms with van der Waals surface area (Å²) in [7, 11) is 0. The number of nitrogens with zero attached hydrogens (tertiary/aromatic N) is 2. The van der Waals surface area contributed by atoms with Gasteiger partial charge in [-0.15, -0.1) is 0 Å². The van der Waals surface area contributed by atoms with Crippen LogP contribution in [-0.4, -0.2) is 22.4 Å². The fourth-order valence-electron chi connectivity index (χ4n) is 4.03. The molecule has 1 aromatic carbocycles. The molecule has 2 aromatic rings. The van der Waals surface area contributed by atoms with Crippen LogP contribution in [0.2, 0.25) is 0 Å². The molecule has 0 atom stereocenters. The lowest BCUT2D eigenvalue weighted by atomic mass is 10.1. The number of rotatable bonds is 18. The molecule has 182 valence electrons.